The molecule has 0 aromatic heterocycles. The van der Waals surface area contributed by atoms with Gasteiger partial charge in [-0.25, -0.2) is 9.40 Å². The molecule has 2 aliphatic heterocycles. The SMILES string of the molecule is CCOC(=O)C1CCCCN1CC(=O)N1N=C(c2ccc(C)cc2C)CC1c1cccc(F)c1. The molecule has 1 fully saturated rings. The summed E-state index contributed by atoms with van der Waals surface area (Å²) >= 11 is 0. The maximum absolute atomic E-state index is 14.1. The summed E-state index contributed by atoms with van der Waals surface area (Å²) in [5.74, 6) is -0.828. The molecule has 0 N–H and O–H groups in total. The van der Waals surface area contributed by atoms with Crippen LogP contribution in [0.5, 0.6) is 0 Å². The van der Waals surface area contributed by atoms with Crippen LogP contribution in [0.1, 0.15) is 60.9 Å². The summed E-state index contributed by atoms with van der Waals surface area (Å²) in [5.41, 5.74) is 4.75. The van der Waals surface area contributed by atoms with Crippen LogP contribution < -0.4 is 0 Å². The van der Waals surface area contributed by atoms with Crippen LogP contribution in [-0.4, -0.2) is 53.2 Å². The number of hydrogen-bond acceptors (Lipinski definition) is 5. The molecule has 2 aliphatic rings. The molecule has 2 heterocycles. The number of esters is 1. The van der Waals surface area contributed by atoms with Crippen LogP contribution in [0.25, 0.3) is 0 Å². The molecule has 7 heteroatoms. The summed E-state index contributed by atoms with van der Waals surface area (Å²) in [6.45, 7) is 6.89. The predicted molar refractivity (Wildman–Crippen MR) is 129 cm³/mol. The smallest absolute Gasteiger partial charge is 0.323 e. The van der Waals surface area contributed by atoms with E-state index in [1.165, 1.54) is 17.1 Å². The van der Waals surface area contributed by atoms with Gasteiger partial charge in [-0.1, -0.05) is 42.3 Å². The molecule has 2 aromatic carbocycles. The number of carbonyl (C=O) groups is 2. The number of halogens is 1. The van der Waals surface area contributed by atoms with Crippen molar-refractivity contribution < 1.29 is 18.7 Å². The third-order valence-electron chi connectivity index (χ3n) is 6.60. The second-order valence-corrected chi connectivity index (χ2v) is 9.11. The summed E-state index contributed by atoms with van der Waals surface area (Å²) in [6, 6.07) is 11.7. The number of aryl methyl sites for hydroxylation is 2. The van der Waals surface area contributed by atoms with Gasteiger partial charge in [0.15, 0.2) is 0 Å². The fraction of sp³-hybridized carbons (Fsp3) is 0.444. The normalized spacial score (nSPS) is 20.8. The third kappa shape index (κ3) is 5.20. The van der Waals surface area contributed by atoms with Crippen LogP contribution in [0, 0.1) is 19.7 Å². The monoisotopic (exact) mass is 465 g/mol. The van der Waals surface area contributed by atoms with Crippen LogP contribution >= 0.6 is 0 Å². The van der Waals surface area contributed by atoms with Gasteiger partial charge < -0.3 is 4.74 Å². The van der Waals surface area contributed by atoms with Gasteiger partial charge in [0.05, 0.1) is 24.9 Å². The molecule has 34 heavy (non-hydrogen) atoms. The van der Waals surface area contributed by atoms with Gasteiger partial charge in [-0.15, -0.1) is 0 Å². The molecule has 0 saturated carbocycles. The van der Waals surface area contributed by atoms with E-state index in [2.05, 4.69) is 6.07 Å². The van der Waals surface area contributed by atoms with Gasteiger partial charge in [0.25, 0.3) is 5.91 Å². The fourth-order valence-corrected chi connectivity index (χ4v) is 4.95. The minimum atomic E-state index is -0.421. The predicted octanol–water partition coefficient (Wildman–Crippen LogP) is 4.54. The molecule has 0 radical (unpaired) electrons. The van der Waals surface area contributed by atoms with Crippen molar-refractivity contribution in [1.82, 2.24) is 9.91 Å². The summed E-state index contributed by atoms with van der Waals surface area (Å²) < 4.78 is 19.3. The lowest BCUT2D eigenvalue weighted by Gasteiger charge is -2.34. The van der Waals surface area contributed by atoms with Gasteiger partial charge >= 0.3 is 5.97 Å². The van der Waals surface area contributed by atoms with Crippen LogP contribution in [0.2, 0.25) is 0 Å². The van der Waals surface area contributed by atoms with Gasteiger partial charge in [-0.05, 0) is 63.4 Å². The lowest BCUT2D eigenvalue weighted by Crippen LogP contribution is -2.49. The molecule has 0 bridgehead atoms. The highest BCUT2D eigenvalue weighted by Crippen LogP contribution is 2.34. The van der Waals surface area contributed by atoms with Crippen LogP contribution in [-0.2, 0) is 14.3 Å². The Kier molecular flexibility index (Phi) is 7.41. The third-order valence-corrected chi connectivity index (χ3v) is 6.60. The average molecular weight is 466 g/mol. The Morgan fingerprint density at radius 1 is 1.15 bits per heavy atom. The van der Waals surface area contributed by atoms with E-state index in [1.54, 1.807) is 13.0 Å². The Morgan fingerprint density at radius 2 is 1.97 bits per heavy atom. The van der Waals surface area contributed by atoms with Gasteiger partial charge in [-0.3, -0.25) is 14.5 Å². The summed E-state index contributed by atoms with van der Waals surface area (Å²) in [5, 5.41) is 6.23. The van der Waals surface area contributed by atoms with Crippen molar-refractivity contribution >= 4 is 17.6 Å². The Labute approximate surface area is 200 Å². The van der Waals surface area contributed by atoms with Gasteiger partial charge in [0.1, 0.15) is 11.9 Å². The van der Waals surface area contributed by atoms with Crippen molar-refractivity contribution in [2.45, 2.75) is 58.5 Å². The van der Waals surface area contributed by atoms with Crippen molar-refractivity contribution in [3.63, 3.8) is 0 Å². The topological polar surface area (TPSA) is 62.2 Å². The van der Waals surface area contributed by atoms with E-state index < -0.39 is 12.1 Å². The minimum absolute atomic E-state index is 0.0684. The highest BCUT2D eigenvalue weighted by molar-refractivity contribution is 6.04. The number of rotatable bonds is 6. The summed E-state index contributed by atoms with van der Waals surface area (Å²) in [6.07, 6.45) is 3.03. The number of amides is 1. The van der Waals surface area contributed by atoms with Gasteiger partial charge in [0, 0.05) is 12.0 Å². The number of carbonyl (C=O) groups excluding carboxylic acids is 2. The van der Waals surface area contributed by atoms with Crippen molar-refractivity contribution in [3.8, 4) is 0 Å². The van der Waals surface area contributed by atoms with E-state index in [-0.39, 0.29) is 24.2 Å². The maximum atomic E-state index is 14.1. The van der Waals surface area contributed by atoms with Crippen molar-refractivity contribution in [2.75, 3.05) is 19.7 Å². The molecule has 2 atom stereocenters. The first kappa shape index (κ1) is 24.1. The number of nitrogens with zero attached hydrogens (tertiary/aromatic N) is 3. The summed E-state index contributed by atoms with van der Waals surface area (Å²) in [7, 11) is 0. The zero-order valence-electron chi connectivity index (χ0n) is 20.1. The van der Waals surface area contributed by atoms with Crippen LogP contribution in [0.15, 0.2) is 47.6 Å². The van der Waals surface area contributed by atoms with Crippen molar-refractivity contribution in [1.29, 1.82) is 0 Å². The lowest BCUT2D eigenvalue weighted by molar-refractivity contribution is -0.152. The molecule has 4 rings (SSSR count). The van der Waals surface area contributed by atoms with E-state index in [0.717, 1.165) is 35.2 Å². The molecular formula is C27H32FN3O3. The molecule has 1 saturated heterocycles. The number of benzene rings is 2. The molecule has 1 amide bonds. The highest BCUT2D eigenvalue weighted by Gasteiger charge is 2.37. The van der Waals surface area contributed by atoms with E-state index in [1.807, 2.05) is 36.9 Å². The first-order valence-electron chi connectivity index (χ1n) is 12.0. The van der Waals surface area contributed by atoms with E-state index in [4.69, 9.17) is 9.84 Å². The quantitative estimate of drug-likeness (QED) is 0.588. The zero-order valence-corrected chi connectivity index (χ0v) is 20.1. The number of hydrogen-bond donors (Lipinski definition) is 0. The van der Waals surface area contributed by atoms with Gasteiger partial charge in [0.2, 0.25) is 0 Å². The van der Waals surface area contributed by atoms with Crippen LogP contribution in [0.3, 0.4) is 0 Å². The molecule has 2 aromatic rings. The number of piperidine rings is 1. The number of ether oxygens (including phenoxy) is 1. The molecule has 0 aliphatic carbocycles. The van der Waals surface area contributed by atoms with E-state index >= 15 is 0 Å². The molecule has 6 nitrogen and oxygen atoms in total. The fourth-order valence-electron chi connectivity index (χ4n) is 4.95. The standard InChI is InChI=1S/C27H32FN3O3/c1-4-34-27(33)24-10-5-6-13-30(24)17-26(32)31-25(20-8-7-9-21(28)15-20)16-23(29-31)22-12-11-18(2)14-19(22)3/h7-9,11-12,14-15,24-25H,4-6,10,13,16-17H2,1-3H3. The Hall–Kier alpha value is -3.06. The van der Waals surface area contributed by atoms with E-state index in [9.17, 15) is 14.0 Å². The Balaban J connectivity index is 1.62. The molecule has 0 spiro atoms. The van der Waals surface area contributed by atoms with E-state index in [0.29, 0.717) is 31.6 Å². The van der Waals surface area contributed by atoms with Crippen LogP contribution in [0.4, 0.5) is 4.39 Å². The molecule has 180 valence electrons. The second kappa shape index (κ2) is 10.5. The Bertz CT molecular complexity index is 1100. The molecular weight excluding hydrogens is 433 g/mol. The minimum Gasteiger partial charge on any atom is -0.465 e. The average Bonchev–Trinajstić information content (AvgIpc) is 3.25. The zero-order chi connectivity index (χ0) is 24.2. The maximum Gasteiger partial charge on any atom is 0.323 e. The highest BCUT2D eigenvalue weighted by atomic mass is 19.1. The first-order valence-corrected chi connectivity index (χ1v) is 12.0. The van der Waals surface area contributed by atoms with Crippen molar-refractivity contribution in [3.05, 3.63) is 70.5 Å². The van der Waals surface area contributed by atoms with Crippen molar-refractivity contribution in [2.24, 2.45) is 5.10 Å². The largest absolute Gasteiger partial charge is 0.465 e. The number of likely N-dealkylation sites (tertiary alicyclic amines) is 1. The molecule has 2 unspecified atom stereocenters. The summed E-state index contributed by atoms with van der Waals surface area (Å²) in [4.78, 5) is 27.9. The lowest BCUT2D eigenvalue weighted by atomic mass is 9.95. The second-order valence-electron chi connectivity index (χ2n) is 9.11. The van der Waals surface area contributed by atoms with Gasteiger partial charge in [-0.2, -0.15) is 5.10 Å². The first-order chi connectivity index (χ1) is 16.4. The number of hydrazone groups is 1. The Morgan fingerprint density at radius 3 is 2.71 bits per heavy atom.